The van der Waals surface area contributed by atoms with Crippen molar-refractivity contribution in [3.63, 3.8) is 0 Å². The van der Waals surface area contributed by atoms with Crippen molar-refractivity contribution < 1.29 is 0 Å². The molecule has 0 unspecified atom stereocenters. The molecule has 0 spiro atoms. The van der Waals surface area contributed by atoms with Gasteiger partial charge in [-0.2, -0.15) is 9.97 Å². The minimum atomic E-state index is 0.609. The molecule has 4 nitrogen and oxygen atoms in total. The van der Waals surface area contributed by atoms with Gasteiger partial charge in [0.2, 0.25) is 5.95 Å². The third-order valence-electron chi connectivity index (χ3n) is 9.65. The molecular weight excluding hydrogens is 637 g/mol. The van der Waals surface area contributed by atoms with Crippen molar-refractivity contribution in [2.45, 2.75) is 0 Å². The summed E-state index contributed by atoms with van der Waals surface area (Å²) in [4.78, 5) is 15.8. The van der Waals surface area contributed by atoms with Crippen LogP contribution in [-0.4, -0.2) is 19.5 Å². The Labute approximate surface area is 288 Å². The Morgan fingerprint density at radius 1 is 0.429 bits per heavy atom. The highest BCUT2D eigenvalue weighted by atomic mass is 32.1. The molecule has 11 rings (SSSR count). The maximum Gasteiger partial charge on any atom is 0.238 e. The van der Waals surface area contributed by atoms with Gasteiger partial charge in [-0.3, -0.25) is 4.57 Å². The average molecular weight is 661 g/mol. The lowest BCUT2D eigenvalue weighted by Gasteiger charge is -2.12. The molecule has 4 heterocycles. The predicted molar refractivity (Wildman–Crippen MR) is 208 cm³/mol. The van der Waals surface area contributed by atoms with Crippen molar-refractivity contribution in [1.82, 2.24) is 19.5 Å². The zero-order valence-corrected chi connectivity index (χ0v) is 27.6. The summed E-state index contributed by atoms with van der Waals surface area (Å²) in [7, 11) is 0. The third kappa shape index (κ3) is 3.93. The monoisotopic (exact) mass is 660 g/mol. The normalized spacial score (nSPS) is 12.1. The molecule has 11 aromatic rings. The number of nitrogens with zero attached hydrogens (tertiary/aromatic N) is 4. The maximum absolute atomic E-state index is 5.37. The molecule has 0 N–H and O–H groups in total. The van der Waals surface area contributed by atoms with Crippen LogP contribution in [0.2, 0.25) is 0 Å². The number of hydrogen-bond donors (Lipinski definition) is 0. The van der Waals surface area contributed by atoms with Crippen LogP contribution in [0.1, 0.15) is 0 Å². The minimum Gasteiger partial charge on any atom is -0.278 e. The van der Waals surface area contributed by atoms with E-state index in [1.165, 1.54) is 61.9 Å². The second-order valence-electron chi connectivity index (χ2n) is 12.4. The van der Waals surface area contributed by atoms with E-state index < -0.39 is 0 Å². The number of rotatable bonds is 3. The molecule has 228 valence electrons. The first kappa shape index (κ1) is 27.0. The maximum atomic E-state index is 5.37. The molecule has 0 radical (unpaired) electrons. The SMILES string of the molecule is c1ccc(-c2nc(-c3cc4ccccc4c4c3sc3ccccc34)nc(-n3c4ccccc4c4c5sc6ccccc6c5ccc43)n2)cc1. The quantitative estimate of drug-likeness (QED) is 0.189. The molecule has 0 fully saturated rings. The molecule has 4 aromatic heterocycles. The Morgan fingerprint density at radius 3 is 1.94 bits per heavy atom. The molecule has 0 atom stereocenters. The van der Waals surface area contributed by atoms with Crippen LogP contribution >= 0.6 is 22.7 Å². The van der Waals surface area contributed by atoms with E-state index in [9.17, 15) is 0 Å². The summed E-state index contributed by atoms with van der Waals surface area (Å²) in [5.74, 6) is 1.93. The molecule has 0 aliphatic carbocycles. The first-order valence-corrected chi connectivity index (χ1v) is 17.9. The average Bonchev–Trinajstić information content (AvgIpc) is 3.84. The highest BCUT2D eigenvalue weighted by Crippen LogP contribution is 2.45. The first-order valence-electron chi connectivity index (χ1n) is 16.3. The lowest BCUT2D eigenvalue weighted by Crippen LogP contribution is -2.06. The van der Waals surface area contributed by atoms with E-state index in [2.05, 4.69) is 132 Å². The summed E-state index contributed by atoms with van der Waals surface area (Å²) in [5.41, 5.74) is 4.13. The van der Waals surface area contributed by atoms with Crippen LogP contribution < -0.4 is 0 Å². The number of aromatic nitrogens is 4. The van der Waals surface area contributed by atoms with Gasteiger partial charge in [0.1, 0.15) is 0 Å². The van der Waals surface area contributed by atoms with Gasteiger partial charge >= 0.3 is 0 Å². The number of benzene rings is 7. The summed E-state index contributed by atoms with van der Waals surface area (Å²) in [6.45, 7) is 0. The van der Waals surface area contributed by atoms with Crippen LogP contribution in [0.15, 0.2) is 146 Å². The summed E-state index contributed by atoms with van der Waals surface area (Å²) in [6.07, 6.45) is 0. The molecule has 0 saturated carbocycles. The predicted octanol–water partition coefficient (Wildman–Crippen LogP) is 12.2. The van der Waals surface area contributed by atoms with Gasteiger partial charge in [0.25, 0.3) is 0 Å². The van der Waals surface area contributed by atoms with Gasteiger partial charge in [-0.25, -0.2) is 4.98 Å². The van der Waals surface area contributed by atoms with E-state index in [0.29, 0.717) is 17.6 Å². The lowest BCUT2D eigenvalue weighted by molar-refractivity contribution is 0.955. The van der Waals surface area contributed by atoms with Gasteiger partial charge in [-0.05, 0) is 41.1 Å². The second-order valence-corrected chi connectivity index (χ2v) is 14.5. The fourth-order valence-corrected chi connectivity index (χ4v) is 9.98. The number of para-hydroxylation sites is 1. The van der Waals surface area contributed by atoms with Crippen molar-refractivity contribution in [3.8, 4) is 28.7 Å². The van der Waals surface area contributed by atoms with E-state index in [4.69, 9.17) is 15.0 Å². The summed E-state index contributed by atoms with van der Waals surface area (Å²) in [5, 5.41) is 9.91. The minimum absolute atomic E-state index is 0.609. The van der Waals surface area contributed by atoms with E-state index in [1.54, 1.807) is 11.3 Å². The largest absolute Gasteiger partial charge is 0.278 e. The standard InChI is InChI=1S/C43H24N4S2/c1-2-12-25(13-3-1)41-44-42(32-24-26-14-4-5-15-27(26)37-31-18-8-11-21-36(31)49-40(32)37)46-43(45-41)47-33-19-9-6-17-30(33)38-34(47)23-22-29-28-16-7-10-20-35(28)48-39(29)38/h1-24H. The van der Waals surface area contributed by atoms with Gasteiger partial charge in [-0.15, -0.1) is 22.7 Å². The Morgan fingerprint density at radius 2 is 1.08 bits per heavy atom. The van der Waals surface area contributed by atoms with Gasteiger partial charge in [0.05, 0.1) is 11.0 Å². The van der Waals surface area contributed by atoms with E-state index in [-0.39, 0.29) is 0 Å². The fraction of sp³-hybridized carbons (Fsp3) is 0. The molecule has 0 aliphatic heterocycles. The molecule has 6 heteroatoms. The first-order chi connectivity index (χ1) is 24.3. The van der Waals surface area contributed by atoms with Gasteiger partial charge in [0.15, 0.2) is 11.6 Å². The Kier molecular flexibility index (Phi) is 5.67. The molecule has 0 saturated heterocycles. The van der Waals surface area contributed by atoms with Crippen molar-refractivity contribution in [1.29, 1.82) is 0 Å². The summed E-state index contributed by atoms with van der Waals surface area (Å²) >= 11 is 3.66. The zero-order valence-electron chi connectivity index (χ0n) is 26.0. The Bertz CT molecular complexity index is 3120. The molecule has 0 bridgehead atoms. The molecular formula is C43H24N4S2. The van der Waals surface area contributed by atoms with Crippen LogP contribution in [0.4, 0.5) is 0 Å². The molecule has 0 amide bonds. The van der Waals surface area contributed by atoms with Crippen LogP contribution in [0, 0.1) is 0 Å². The molecule has 49 heavy (non-hydrogen) atoms. The van der Waals surface area contributed by atoms with Crippen molar-refractivity contribution in [2.24, 2.45) is 0 Å². The molecule has 0 aliphatic rings. The third-order valence-corrected chi connectivity index (χ3v) is 12.1. The lowest BCUT2D eigenvalue weighted by atomic mass is 10.00. The van der Waals surface area contributed by atoms with Crippen LogP contribution in [-0.2, 0) is 0 Å². The highest BCUT2D eigenvalue weighted by molar-refractivity contribution is 7.27. The van der Waals surface area contributed by atoms with Crippen LogP contribution in [0.3, 0.4) is 0 Å². The van der Waals surface area contributed by atoms with Crippen LogP contribution in [0.5, 0.6) is 0 Å². The van der Waals surface area contributed by atoms with Crippen LogP contribution in [0.25, 0.3) is 102 Å². The van der Waals surface area contributed by atoms with Gasteiger partial charge < -0.3 is 0 Å². The van der Waals surface area contributed by atoms with E-state index in [1.807, 2.05) is 29.5 Å². The number of fused-ring (bicyclic) bond motifs is 12. The summed E-state index contributed by atoms with van der Waals surface area (Å²) < 4.78 is 7.25. The number of thiophene rings is 2. The van der Waals surface area contributed by atoms with E-state index in [0.717, 1.165) is 22.2 Å². The zero-order chi connectivity index (χ0) is 32.1. The fourth-order valence-electron chi connectivity index (χ4n) is 7.49. The van der Waals surface area contributed by atoms with E-state index >= 15 is 0 Å². The smallest absolute Gasteiger partial charge is 0.238 e. The van der Waals surface area contributed by atoms with Crippen molar-refractivity contribution in [3.05, 3.63) is 146 Å². The van der Waals surface area contributed by atoms with Gasteiger partial charge in [0, 0.05) is 62.2 Å². The highest BCUT2D eigenvalue weighted by Gasteiger charge is 2.22. The van der Waals surface area contributed by atoms with Crippen molar-refractivity contribution >= 4 is 95.6 Å². The second kappa shape index (κ2) is 10.3. The topological polar surface area (TPSA) is 43.6 Å². The Hall–Kier alpha value is -5.95. The number of hydrogen-bond acceptors (Lipinski definition) is 5. The Balaban J connectivity index is 1.27. The van der Waals surface area contributed by atoms with Crippen molar-refractivity contribution in [2.75, 3.05) is 0 Å². The van der Waals surface area contributed by atoms with Gasteiger partial charge in [-0.1, -0.05) is 115 Å². The molecule has 7 aromatic carbocycles. The summed E-state index contributed by atoms with van der Waals surface area (Å²) in [6, 6.07) is 51.6.